The van der Waals surface area contributed by atoms with E-state index in [9.17, 15) is 4.79 Å². The van der Waals surface area contributed by atoms with Gasteiger partial charge in [0.15, 0.2) is 0 Å². The molecule has 3 N–H and O–H groups in total. The molecule has 0 aromatic heterocycles. The fraction of sp³-hybridized carbons (Fsp3) is 0.957. The van der Waals surface area contributed by atoms with Crippen LogP contribution in [-0.4, -0.2) is 47.2 Å². The Hall–Kier alpha value is -0.650. The Morgan fingerprint density at radius 1 is 0.679 bits per heavy atom. The van der Waals surface area contributed by atoms with Crippen molar-refractivity contribution in [2.75, 3.05) is 19.8 Å². The zero-order valence-electron chi connectivity index (χ0n) is 18.7. The van der Waals surface area contributed by atoms with Crippen molar-refractivity contribution in [1.29, 1.82) is 0 Å². The molecule has 28 heavy (non-hydrogen) atoms. The summed E-state index contributed by atoms with van der Waals surface area (Å²) < 4.78 is 4.93. The van der Waals surface area contributed by atoms with Crippen LogP contribution in [0.1, 0.15) is 117 Å². The first kappa shape index (κ1) is 29.6. The number of aliphatic hydroxyl groups excluding tert-OH is 3. The predicted octanol–water partition coefficient (Wildman–Crippen LogP) is 5.14. The van der Waals surface area contributed by atoms with Gasteiger partial charge in [-0.15, -0.1) is 0 Å². The van der Waals surface area contributed by atoms with Gasteiger partial charge in [0.25, 0.3) is 0 Å². The molecule has 0 bridgehead atoms. The zero-order valence-corrected chi connectivity index (χ0v) is 18.7. The smallest absolute Gasteiger partial charge is 0.334 e. The third-order valence-corrected chi connectivity index (χ3v) is 4.68. The second-order valence-corrected chi connectivity index (χ2v) is 7.59. The highest BCUT2D eigenvalue weighted by Gasteiger charge is 2.08. The summed E-state index contributed by atoms with van der Waals surface area (Å²) in [4.78, 5) is 11.0. The largest absolute Gasteiger partial charge is 0.464 e. The summed E-state index contributed by atoms with van der Waals surface area (Å²) >= 11 is 0. The second kappa shape index (κ2) is 26.4. The number of unbranched alkanes of at least 4 members (excludes halogenated alkanes) is 15. The van der Waals surface area contributed by atoms with Gasteiger partial charge in [0.05, 0.1) is 19.8 Å². The predicted molar refractivity (Wildman–Crippen MR) is 116 cm³/mol. The number of ether oxygens (including phenoxy) is 1. The number of carbonyl (C=O) groups is 1. The molecule has 1 atom stereocenters. The summed E-state index contributed by atoms with van der Waals surface area (Å²) in [6.07, 6.45) is 20.4. The maximum Gasteiger partial charge on any atom is 0.334 e. The Morgan fingerprint density at radius 2 is 1.00 bits per heavy atom. The quantitative estimate of drug-likeness (QED) is 0.205. The molecular weight excluding hydrogens is 356 g/mol. The van der Waals surface area contributed by atoms with Gasteiger partial charge in [0.1, 0.15) is 6.10 Å². The van der Waals surface area contributed by atoms with Crippen LogP contribution in [0.5, 0.6) is 0 Å². The Bertz CT molecular complexity index is 293. The average Bonchev–Trinajstić information content (AvgIpc) is 2.70. The van der Waals surface area contributed by atoms with Gasteiger partial charge >= 0.3 is 5.97 Å². The minimum atomic E-state index is -0.994. The lowest BCUT2D eigenvalue weighted by molar-refractivity contribution is -0.152. The first-order valence-corrected chi connectivity index (χ1v) is 11.7. The highest BCUT2D eigenvalue weighted by Crippen LogP contribution is 2.13. The molecule has 0 amide bonds. The maximum atomic E-state index is 11.0. The van der Waals surface area contributed by atoms with Crippen LogP contribution in [0.2, 0.25) is 0 Å². The third-order valence-electron chi connectivity index (χ3n) is 4.68. The van der Waals surface area contributed by atoms with E-state index in [2.05, 4.69) is 6.92 Å². The van der Waals surface area contributed by atoms with E-state index in [1.807, 2.05) is 0 Å². The highest BCUT2D eigenvalue weighted by molar-refractivity contribution is 5.73. The van der Waals surface area contributed by atoms with Crippen molar-refractivity contribution in [1.82, 2.24) is 0 Å². The molecule has 5 nitrogen and oxygen atoms in total. The molecule has 0 aromatic carbocycles. The van der Waals surface area contributed by atoms with Crippen LogP contribution >= 0.6 is 0 Å². The first-order valence-electron chi connectivity index (χ1n) is 11.7. The summed E-state index contributed by atoms with van der Waals surface area (Å²) in [5.41, 5.74) is 0. The normalized spacial score (nSPS) is 11.6. The first-order chi connectivity index (χ1) is 13.6. The van der Waals surface area contributed by atoms with Gasteiger partial charge in [-0.1, -0.05) is 103 Å². The van der Waals surface area contributed by atoms with E-state index in [0.717, 1.165) is 12.8 Å². The third kappa shape index (κ3) is 27.6. The van der Waals surface area contributed by atoms with Crippen LogP contribution in [-0.2, 0) is 9.53 Å². The number of rotatable bonds is 19. The zero-order chi connectivity index (χ0) is 21.3. The minimum absolute atomic E-state index is 0.125. The van der Waals surface area contributed by atoms with Crippen LogP contribution in [0.25, 0.3) is 0 Å². The lowest BCUT2D eigenvalue weighted by Gasteiger charge is -2.06. The number of esters is 1. The van der Waals surface area contributed by atoms with Gasteiger partial charge in [-0.2, -0.15) is 0 Å². The molecule has 0 aliphatic carbocycles. The standard InChI is InChI=1S/C21H42O3.C2H6O2/c1-3-4-5-6-7-8-9-10-11-12-13-14-15-16-17-18-19-24-21(23)20(2)22;3-1-2-4/h20,22H,3-19H2,1-2H3;3-4H,1-2H2. The number of hydrogen-bond acceptors (Lipinski definition) is 5. The number of carbonyl (C=O) groups excluding carboxylic acids is 1. The van der Waals surface area contributed by atoms with E-state index >= 15 is 0 Å². The molecule has 1 unspecified atom stereocenters. The molecule has 0 spiro atoms. The lowest BCUT2D eigenvalue weighted by Crippen LogP contribution is -2.19. The van der Waals surface area contributed by atoms with Gasteiger partial charge in [-0.3, -0.25) is 0 Å². The van der Waals surface area contributed by atoms with E-state index in [4.69, 9.17) is 20.1 Å². The van der Waals surface area contributed by atoms with Crippen molar-refractivity contribution in [2.45, 2.75) is 123 Å². The molecule has 0 saturated heterocycles. The summed E-state index contributed by atoms with van der Waals surface area (Å²) in [6.45, 7) is 3.91. The Labute approximate surface area is 173 Å². The van der Waals surface area contributed by atoms with E-state index in [-0.39, 0.29) is 13.2 Å². The van der Waals surface area contributed by atoms with E-state index in [1.165, 1.54) is 96.8 Å². The maximum absolute atomic E-state index is 11.0. The molecule has 5 heteroatoms. The SMILES string of the molecule is CCCCCCCCCCCCCCCCCCOC(=O)C(C)O.OCCO. The Kier molecular flexibility index (Phi) is 27.8. The van der Waals surface area contributed by atoms with Crippen LogP contribution in [0, 0.1) is 0 Å². The monoisotopic (exact) mass is 404 g/mol. The number of aliphatic hydroxyl groups is 3. The average molecular weight is 405 g/mol. The van der Waals surface area contributed by atoms with Gasteiger partial charge in [0, 0.05) is 0 Å². The number of hydrogen-bond donors (Lipinski definition) is 3. The fourth-order valence-electron chi connectivity index (χ4n) is 2.94. The second-order valence-electron chi connectivity index (χ2n) is 7.59. The molecule has 0 aliphatic rings. The van der Waals surface area contributed by atoms with Crippen LogP contribution in [0.4, 0.5) is 0 Å². The topological polar surface area (TPSA) is 87.0 Å². The van der Waals surface area contributed by atoms with Crippen molar-refractivity contribution in [3.05, 3.63) is 0 Å². The fourth-order valence-corrected chi connectivity index (χ4v) is 2.94. The van der Waals surface area contributed by atoms with Crippen molar-refractivity contribution >= 4 is 5.97 Å². The van der Waals surface area contributed by atoms with Gasteiger partial charge in [0.2, 0.25) is 0 Å². The van der Waals surface area contributed by atoms with E-state index in [0.29, 0.717) is 6.61 Å². The molecule has 0 fully saturated rings. The molecule has 0 heterocycles. The summed E-state index contributed by atoms with van der Waals surface area (Å²) in [5.74, 6) is -0.504. The lowest BCUT2D eigenvalue weighted by atomic mass is 10.0. The molecule has 0 aliphatic heterocycles. The molecule has 0 saturated carbocycles. The Balaban J connectivity index is 0. The molecule has 170 valence electrons. The molecular formula is C23H48O5. The van der Waals surface area contributed by atoms with Crippen molar-refractivity contribution in [2.24, 2.45) is 0 Å². The van der Waals surface area contributed by atoms with Gasteiger partial charge in [-0.05, 0) is 13.3 Å². The summed E-state index contributed by atoms with van der Waals surface area (Å²) in [6, 6.07) is 0. The minimum Gasteiger partial charge on any atom is -0.464 e. The summed E-state index contributed by atoms with van der Waals surface area (Å²) in [7, 11) is 0. The van der Waals surface area contributed by atoms with Gasteiger partial charge < -0.3 is 20.1 Å². The highest BCUT2D eigenvalue weighted by atomic mass is 16.5. The Morgan fingerprint density at radius 3 is 1.29 bits per heavy atom. The van der Waals surface area contributed by atoms with Crippen molar-refractivity contribution in [3.63, 3.8) is 0 Å². The van der Waals surface area contributed by atoms with Crippen molar-refractivity contribution < 1.29 is 24.9 Å². The van der Waals surface area contributed by atoms with Crippen LogP contribution < -0.4 is 0 Å². The summed E-state index contributed by atoms with van der Waals surface area (Å²) in [5, 5.41) is 24.2. The van der Waals surface area contributed by atoms with Crippen LogP contribution in [0.3, 0.4) is 0 Å². The van der Waals surface area contributed by atoms with E-state index in [1.54, 1.807) is 0 Å². The molecule has 0 aromatic rings. The van der Waals surface area contributed by atoms with Crippen molar-refractivity contribution in [3.8, 4) is 0 Å². The molecule has 0 rings (SSSR count). The van der Waals surface area contributed by atoms with Gasteiger partial charge in [-0.25, -0.2) is 4.79 Å². The molecule has 0 radical (unpaired) electrons. The van der Waals surface area contributed by atoms with E-state index < -0.39 is 12.1 Å². The van der Waals surface area contributed by atoms with Crippen LogP contribution in [0.15, 0.2) is 0 Å².